The zero-order valence-corrected chi connectivity index (χ0v) is 25.4. The van der Waals surface area contributed by atoms with Crippen molar-refractivity contribution in [2.45, 2.75) is 63.0 Å². The van der Waals surface area contributed by atoms with Gasteiger partial charge >= 0.3 is 6.18 Å². The quantitative estimate of drug-likeness (QED) is 0.200. The van der Waals surface area contributed by atoms with E-state index in [1.807, 2.05) is 74.5 Å². The average molecular weight is 611 g/mol. The van der Waals surface area contributed by atoms with E-state index in [1.54, 1.807) is 11.8 Å². The van der Waals surface area contributed by atoms with E-state index >= 15 is 0 Å². The highest BCUT2D eigenvalue weighted by atomic mass is 32.2. The summed E-state index contributed by atoms with van der Waals surface area (Å²) in [6.07, 6.45) is -2.88. The molecule has 1 aliphatic rings. The number of likely N-dealkylation sites (tertiary alicyclic amines) is 1. The first-order valence-electron chi connectivity index (χ1n) is 14.6. The number of pyridine rings is 1. The van der Waals surface area contributed by atoms with E-state index in [1.165, 1.54) is 4.90 Å². The van der Waals surface area contributed by atoms with Gasteiger partial charge in [0.2, 0.25) is 0 Å². The van der Waals surface area contributed by atoms with Crippen molar-refractivity contribution in [1.29, 1.82) is 0 Å². The summed E-state index contributed by atoms with van der Waals surface area (Å²) in [6, 6.07) is 19.7. The molecule has 1 fully saturated rings. The highest BCUT2D eigenvalue weighted by Gasteiger charge is 2.34. The van der Waals surface area contributed by atoms with Crippen molar-refractivity contribution < 1.29 is 18.0 Å². The molecule has 10 heteroatoms. The minimum absolute atomic E-state index is 0.000388. The highest BCUT2D eigenvalue weighted by Crippen LogP contribution is 2.36. The number of benzene rings is 2. The average Bonchev–Trinajstić information content (AvgIpc) is 3.26. The third kappa shape index (κ3) is 7.18. The first-order valence-corrected chi connectivity index (χ1v) is 15.6. The van der Waals surface area contributed by atoms with Crippen LogP contribution in [0.2, 0.25) is 0 Å². The number of carbonyl (C=O) groups is 1. The van der Waals surface area contributed by atoms with Crippen LogP contribution in [-0.2, 0) is 12.3 Å². The highest BCUT2D eigenvalue weighted by molar-refractivity contribution is 7.98. The van der Waals surface area contributed by atoms with E-state index in [4.69, 9.17) is 0 Å². The molecule has 3 heterocycles. The number of carbonyl (C=O) groups excluding carboxylic acids is 1. The van der Waals surface area contributed by atoms with Gasteiger partial charge in [0, 0.05) is 45.5 Å². The van der Waals surface area contributed by atoms with Gasteiger partial charge in [0.15, 0.2) is 0 Å². The monoisotopic (exact) mass is 610 g/mol. The fraction of sp³-hybridized carbons (Fsp3) is 0.394. The number of nitrogens with one attached hydrogen (secondary N) is 2. The second-order valence-electron chi connectivity index (χ2n) is 11.4. The molecule has 1 atom stereocenters. The Kier molecular flexibility index (Phi) is 9.36. The fourth-order valence-corrected chi connectivity index (χ4v) is 7.35. The third-order valence-electron chi connectivity index (χ3n) is 8.40. The molecule has 2 N–H and O–H groups in total. The van der Waals surface area contributed by atoms with Crippen LogP contribution in [0.3, 0.4) is 0 Å². The molecule has 43 heavy (non-hydrogen) atoms. The SMILES string of the molecule is Cc1cc(SCc2ccccc2)c(CNC(=O)c2c(C)n([C@H](C)C3CCN(CC(F)(F)F)CC3)c3ccccc23)c(=O)[nH]1. The van der Waals surface area contributed by atoms with Crippen LogP contribution in [0.25, 0.3) is 10.9 Å². The summed E-state index contributed by atoms with van der Waals surface area (Å²) >= 11 is 1.57. The van der Waals surface area contributed by atoms with Gasteiger partial charge in [0.25, 0.3) is 11.5 Å². The first kappa shape index (κ1) is 30.9. The molecular formula is C33H37F3N4O2S. The molecule has 0 bridgehead atoms. The smallest absolute Gasteiger partial charge is 0.348 e. The lowest BCUT2D eigenvalue weighted by Gasteiger charge is -2.36. The number of aromatic nitrogens is 2. The van der Waals surface area contributed by atoms with Crippen LogP contribution in [0.1, 0.15) is 58.7 Å². The Morgan fingerprint density at radius 1 is 1.07 bits per heavy atom. The number of halogens is 3. The van der Waals surface area contributed by atoms with Crippen LogP contribution >= 0.6 is 11.8 Å². The Labute approximate surface area is 253 Å². The predicted octanol–water partition coefficient (Wildman–Crippen LogP) is 7.00. The Bertz CT molecular complexity index is 1640. The summed E-state index contributed by atoms with van der Waals surface area (Å²) in [5, 5.41) is 3.82. The van der Waals surface area contributed by atoms with Crippen LogP contribution in [0.5, 0.6) is 0 Å². The van der Waals surface area contributed by atoms with Gasteiger partial charge in [0.1, 0.15) is 0 Å². The Morgan fingerprint density at radius 2 is 1.74 bits per heavy atom. The summed E-state index contributed by atoms with van der Waals surface area (Å²) in [6.45, 7) is 5.86. The Hall–Kier alpha value is -3.50. The number of hydrogen-bond donors (Lipinski definition) is 2. The van der Waals surface area contributed by atoms with Gasteiger partial charge in [0.05, 0.1) is 17.7 Å². The summed E-state index contributed by atoms with van der Waals surface area (Å²) in [5.74, 6) is 0.619. The summed E-state index contributed by atoms with van der Waals surface area (Å²) in [4.78, 5) is 31.9. The van der Waals surface area contributed by atoms with Gasteiger partial charge in [-0.2, -0.15) is 13.2 Å². The molecule has 1 aliphatic heterocycles. The fourth-order valence-electron chi connectivity index (χ4n) is 6.24. The number of aromatic amines is 1. The van der Waals surface area contributed by atoms with E-state index in [-0.39, 0.29) is 30.0 Å². The number of nitrogens with zero attached hydrogens (tertiary/aromatic N) is 2. The summed E-state index contributed by atoms with van der Waals surface area (Å²) in [5.41, 5.74) is 4.47. The minimum atomic E-state index is -4.20. The number of alkyl halides is 3. The van der Waals surface area contributed by atoms with Gasteiger partial charge in [-0.15, -0.1) is 11.8 Å². The lowest BCUT2D eigenvalue weighted by Crippen LogP contribution is -2.41. The van der Waals surface area contributed by atoms with Crippen LogP contribution in [0.15, 0.2) is 70.4 Å². The normalized spacial score (nSPS) is 15.6. The maximum absolute atomic E-state index is 13.8. The molecule has 0 saturated carbocycles. The standard InChI is InChI=1S/C33H37F3N4O2S/c1-21-17-29(43-19-24-9-5-4-6-10-24)27(31(41)38-21)18-37-32(42)30-23(3)40(28-12-8-7-11-26(28)30)22(2)25-13-15-39(16-14-25)20-33(34,35)36/h4-12,17,22,25H,13-16,18-20H2,1-3H3,(H,37,42)(H,38,41)/t22-/m1/s1. The number of amides is 1. The topological polar surface area (TPSA) is 70.1 Å². The van der Waals surface area contributed by atoms with Crippen molar-refractivity contribution in [2.75, 3.05) is 19.6 Å². The van der Waals surface area contributed by atoms with Crippen molar-refractivity contribution >= 4 is 28.6 Å². The minimum Gasteiger partial charge on any atom is -0.348 e. The van der Waals surface area contributed by atoms with Gasteiger partial charge in [-0.05, 0) is 70.3 Å². The lowest BCUT2D eigenvalue weighted by molar-refractivity contribution is -0.149. The maximum Gasteiger partial charge on any atom is 0.401 e. The van der Waals surface area contributed by atoms with Crippen LogP contribution in [0.4, 0.5) is 13.2 Å². The van der Waals surface area contributed by atoms with E-state index in [2.05, 4.69) is 21.8 Å². The number of thioether (sulfide) groups is 1. The molecular weight excluding hydrogens is 573 g/mol. The van der Waals surface area contributed by atoms with Crippen molar-refractivity contribution in [3.05, 3.63) is 99.1 Å². The molecule has 5 rings (SSSR count). The molecule has 2 aromatic carbocycles. The Balaban J connectivity index is 1.35. The number of aryl methyl sites for hydroxylation is 1. The van der Waals surface area contributed by atoms with Crippen LogP contribution in [-0.4, -0.2) is 46.2 Å². The van der Waals surface area contributed by atoms with E-state index < -0.39 is 12.7 Å². The zero-order chi connectivity index (χ0) is 30.7. The maximum atomic E-state index is 13.8. The molecule has 1 saturated heterocycles. The van der Waals surface area contributed by atoms with Gasteiger partial charge in [-0.1, -0.05) is 48.5 Å². The van der Waals surface area contributed by atoms with Crippen molar-refractivity contribution in [3.63, 3.8) is 0 Å². The number of piperidine rings is 1. The van der Waals surface area contributed by atoms with Crippen LogP contribution in [0, 0.1) is 19.8 Å². The number of rotatable bonds is 9. The second-order valence-corrected chi connectivity index (χ2v) is 12.4. The van der Waals surface area contributed by atoms with E-state index in [0.29, 0.717) is 42.8 Å². The molecule has 0 spiro atoms. The third-order valence-corrected chi connectivity index (χ3v) is 9.55. The Morgan fingerprint density at radius 3 is 2.44 bits per heavy atom. The number of para-hydroxylation sites is 1. The van der Waals surface area contributed by atoms with Gasteiger partial charge < -0.3 is 14.9 Å². The molecule has 4 aromatic rings. The van der Waals surface area contributed by atoms with E-state index in [0.717, 1.165) is 32.7 Å². The largest absolute Gasteiger partial charge is 0.401 e. The summed E-state index contributed by atoms with van der Waals surface area (Å²) < 4.78 is 40.9. The number of fused-ring (bicyclic) bond motifs is 1. The van der Waals surface area contributed by atoms with Crippen molar-refractivity contribution in [2.24, 2.45) is 5.92 Å². The van der Waals surface area contributed by atoms with Crippen molar-refractivity contribution in [1.82, 2.24) is 19.8 Å². The zero-order valence-electron chi connectivity index (χ0n) is 24.6. The molecule has 228 valence electrons. The molecule has 6 nitrogen and oxygen atoms in total. The van der Waals surface area contributed by atoms with Gasteiger partial charge in [-0.25, -0.2) is 0 Å². The lowest BCUT2D eigenvalue weighted by atomic mass is 9.90. The van der Waals surface area contributed by atoms with Crippen molar-refractivity contribution in [3.8, 4) is 0 Å². The molecule has 2 aromatic heterocycles. The molecule has 0 unspecified atom stereocenters. The summed E-state index contributed by atoms with van der Waals surface area (Å²) in [7, 11) is 0. The molecule has 1 amide bonds. The van der Waals surface area contributed by atoms with Crippen LogP contribution < -0.4 is 10.9 Å². The molecule has 0 radical (unpaired) electrons. The van der Waals surface area contributed by atoms with Gasteiger partial charge in [-0.3, -0.25) is 14.5 Å². The second kappa shape index (κ2) is 13.0. The first-order chi connectivity index (χ1) is 20.5. The predicted molar refractivity (Wildman–Crippen MR) is 166 cm³/mol. The number of H-pyrrole nitrogens is 1. The van der Waals surface area contributed by atoms with E-state index in [9.17, 15) is 22.8 Å². The number of hydrogen-bond acceptors (Lipinski definition) is 4. The molecule has 0 aliphatic carbocycles.